The van der Waals surface area contributed by atoms with Gasteiger partial charge in [-0.15, -0.1) is 0 Å². The summed E-state index contributed by atoms with van der Waals surface area (Å²) in [5.74, 6) is -1.19. The van der Waals surface area contributed by atoms with E-state index in [0.29, 0.717) is 21.2 Å². The fourth-order valence-electron chi connectivity index (χ4n) is 4.02. The molecule has 0 spiro atoms. The number of H-pyrrole nitrogens is 1. The summed E-state index contributed by atoms with van der Waals surface area (Å²) >= 11 is 12.1. The van der Waals surface area contributed by atoms with Crippen LogP contribution in [0, 0.1) is 0 Å². The molecule has 2 N–H and O–H groups in total. The minimum atomic E-state index is -0.642. The van der Waals surface area contributed by atoms with Gasteiger partial charge in [-0.2, -0.15) is 5.10 Å². The number of nitrogens with one attached hydrogen (secondary N) is 1. The number of nitrogens with zero attached hydrogens (tertiary/aromatic N) is 1. The van der Waals surface area contributed by atoms with Gasteiger partial charge in [0.1, 0.15) is 35.1 Å². The zero-order chi connectivity index (χ0) is 26.6. The predicted octanol–water partition coefficient (Wildman–Crippen LogP) is 7.13. The fraction of sp³-hybridized carbons (Fsp3) is 0.0333. The summed E-state index contributed by atoms with van der Waals surface area (Å²) < 4.78 is 5.92. The van der Waals surface area contributed by atoms with Crippen molar-refractivity contribution in [2.75, 3.05) is 0 Å². The molecule has 38 heavy (non-hydrogen) atoms. The van der Waals surface area contributed by atoms with Crippen molar-refractivity contribution < 1.29 is 19.4 Å². The van der Waals surface area contributed by atoms with Crippen LogP contribution in [0.5, 0.6) is 11.5 Å². The van der Waals surface area contributed by atoms with E-state index in [-0.39, 0.29) is 40.6 Å². The highest BCUT2D eigenvalue weighted by molar-refractivity contribution is 6.31. The van der Waals surface area contributed by atoms with Crippen molar-refractivity contribution in [1.29, 1.82) is 0 Å². The number of carbonyl (C=O) groups is 2. The maximum atomic E-state index is 13.9. The minimum absolute atomic E-state index is 0.0527. The third-order valence-corrected chi connectivity index (χ3v) is 6.42. The molecule has 6 nitrogen and oxygen atoms in total. The molecule has 0 fully saturated rings. The van der Waals surface area contributed by atoms with E-state index in [9.17, 15) is 14.7 Å². The van der Waals surface area contributed by atoms with Gasteiger partial charge in [0.25, 0.3) is 0 Å². The number of ether oxygens (including phenoxy) is 1. The van der Waals surface area contributed by atoms with E-state index in [1.807, 2.05) is 30.3 Å². The number of hydrogen-bond acceptors (Lipinski definition) is 5. The van der Waals surface area contributed by atoms with Crippen LogP contribution in [0.2, 0.25) is 10.0 Å². The number of aromatic amines is 1. The Morgan fingerprint density at radius 2 is 1.42 bits per heavy atom. The number of carbonyl (C=O) groups excluding carboxylic acids is 2. The lowest BCUT2D eigenvalue weighted by Gasteiger charge is -2.13. The highest BCUT2D eigenvalue weighted by Gasteiger charge is 2.30. The average Bonchev–Trinajstić information content (AvgIpc) is 3.38. The smallest absolute Gasteiger partial charge is 0.219 e. The molecule has 188 valence electrons. The quantitative estimate of drug-likeness (QED) is 0.203. The lowest BCUT2D eigenvalue weighted by atomic mass is 9.94. The predicted molar refractivity (Wildman–Crippen MR) is 146 cm³/mol. The van der Waals surface area contributed by atoms with Crippen LogP contribution >= 0.6 is 23.2 Å². The zero-order valence-corrected chi connectivity index (χ0v) is 21.3. The van der Waals surface area contributed by atoms with Crippen LogP contribution in [0.15, 0.2) is 97.1 Å². The van der Waals surface area contributed by atoms with Crippen molar-refractivity contribution in [2.45, 2.75) is 6.61 Å². The van der Waals surface area contributed by atoms with Crippen LogP contribution in [-0.4, -0.2) is 26.9 Å². The van der Waals surface area contributed by atoms with Crippen LogP contribution < -0.4 is 4.74 Å². The van der Waals surface area contributed by atoms with E-state index in [1.165, 1.54) is 6.07 Å². The first kappa shape index (κ1) is 25.3. The number of ketones is 2. The minimum Gasteiger partial charge on any atom is -0.507 e. The Morgan fingerprint density at radius 1 is 0.763 bits per heavy atom. The Kier molecular flexibility index (Phi) is 7.26. The fourth-order valence-corrected chi connectivity index (χ4v) is 4.27. The Balaban J connectivity index is 1.60. The van der Waals surface area contributed by atoms with Gasteiger partial charge in [0, 0.05) is 21.2 Å². The molecule has 0 amide bonds. The largest absolute Gasteiger partial charge is 0.507 e. The molecule has 0 aliphatic rings. The summed E-state index contributed by atoms with van der Waals surface area (Å²) in [5, 5.41) is 18.7. The van der Waals surface area contributed by atoms with Crippen LogP contribution in [0.1, 0.15) is 37.5 Å². The van der Waals surface area contributed by atoms with Crippen molar-refractivity contribution in [3.63, 3.8) is 0 Å². The number of benzene rings is 4. The molecule has 5 aromatic rings. The summed E-state index contributed by atoms with van der Waals surface area (Å²) in [5.41, 5.74) is 1.95. The summed E-state index contributed by atoms with van der Waals surface area (Å²) in [6.07, 6.45) is 0. The van der Waals surface area contributed by atoms with Gasteiger partial charge in [-0.05, 0) is 54.1 Å². The number of phenols is 1. The topological polar surface area (TPSA) is 92.3 Å². The maximum absolute atomic E-state index is 13.9. The van der Waals surface area contributed by atoms with Gasteiger partial charge in [0.05, 0.1) is 5.56 Å². The number of rotatable bonds is 8. The lowest BCUT2D eigenvalue weighted by molar-refractivity contribution is 0.0997. The van der Waals surface area contributed by atoms with E-state index in [1.54, 1.807) is 60.7 Å². The lowest BCUT2D eigenvalue weighted by Crippen LogP contribution is -2.12. The SMILES string of the molecule is O=C(c1[nH]nc(-c2ccc(Cl)cc2)c1C(=O)c1ccc(Cl)cc1)c1c(O)cccc1OCc1ccccc1. The van der Waals surface area contributed by atoms with Gasteiger partial charge in [-0.3, -0.25) is 14.7 Å². The van der Waals surface area contributed by atoms with E-state index in [2.05, 4.69) is 10.2 Å². The number of phenolic OH excluding ortho intramolecular Hbond substituents is 1. The van der Waals surface area contributed by atoms with Crippen molar-refractivity contribution >= 4 is 34.8 Å². The van der Waals surface area contributed by atoms with E-state index >= 15 is 0 Å². The Bertz CT molecular complexity index is 1610. The molecular weight excluding hydrogens is 523 g/mol. The monoisotopic (exact) mass is 542 g/mol. The Labute approximate surface area is 228 Å². The molecule has 4 aromatic carbocycles. The van der Waals surface area contributed by atoms with Crippen molar-refractivity contribution in [1.82, 2.24) is 10.2 Å². The molecule has 0 saturated heterocycles. The second kappa shape index (κ2) is 10.9. The molecule has 0 aliphatic carbocycles. The highest BCUT2D eigenvalue weighted by Crippen LogP contribution is 2.34. The normalized spacial score (nSPS) is 10.8. The molecule has 0 saturated carbocycles. The molecule has 8 heteroatoms. The highest BCUT2D eigenvalue weighted by atomic mass is 35.5. The van der Waals surface area contributed by atoms with E-state index in [0.717, 1.165) is 5.56 Å². The number of hydrogen-bond donors (Lipinski definition) is 2. The molecule has 0 unspecified atom stereocenters. The van der Waals surface area contributed by atoms with E-state index < -0.39 is 11.6 Å². The molecule has 0 bridgehead atoms. The summed E-state index contributed by atoms with van der Waals surface area (Å²) in [6.45, 7) is 0.181. The Hall–Kier alpha value is -4.39. The molecule has 0 atom stereocenters. The van der Waals surface area contributed by atoms with Crippen LogP contribution in [-0.2, 0) is 6.61 Å². The van der Waals surface area contributed by atoms with Crippen LogP contribution in [0.25, 0.3) is 11.3 Å². The van der Waals surface area contributed by atoms with Gasteiger partial charge in [0.2, 0.25) is 5.78 Å². The zero-order valence-electron chi connectivity index (χ0n) is 19.8. The number of aromatic hydroxyl groups is 1. The second-order valence-electron chi connectivity index (χ2n) is 8.42. The van der Waals surface area contributed by atoms with Gasteiger partial charge in [-0.25, -0.2) is 0 Å². The first-order chi connectivity index (χ1) is 18.4. The molecule has 0 aliphatic heterocycles. The van der Waals surface area contributed by atoms with Gasteiger partial charge < -0.3 is 9.84 Å². The van der Waals surface area contributed by atoms with Gasteiger partial charge in [-0.1, -0.05) is 71.7 Å². The van der Waals surface area contributed by atoms with Gasteiger partial charge >= 0.3 is 0 Å². The van der Waals surface area contributed by atoms with Crippen molar-refractivity contribution in [3.05, 3.63) is 135 Å². The number of aromatic nitrogens is 2. The second-order valence-corrected chi connectivity index (χ2v) is 9.29. The van der Waals surface area contributed by atoms with Crippen molar-refractivity contribution in [2.24, 2.45) is 0 Å². The summed E-state index contributed by atoms with van der Waals surface area (Å²) in [6, 6.07) is 27.1. The Morgan fingerprint density at radius 3 is 2.11 bits per heavy atom. The molecule has 5 rings (SSSR count). The maximum Gasteiger partial charge on any atom is 0.219 e. The third-order valence-electron chi connectivity index (χ3n) is 5.91. The summed E-state index contributed by atoms with van der Waals surface area (Å²) in [7, 11) is 0. The summed E-state index contributed by atoms with van der Waals surface area (Å²) in [4.78, 5) is 27.6. The third kappa shape index (κ3) is 5.18. The van der Waals surface area contributed by atoms with Crippen molar-refractivity contribution in [3.8, 4) is 22.8 Å². The standard InChI is InChI=1S/C30H20Cl2N2O4/c31-21-13-9-19(10-14-21)27-26(29(36)20-11-15-22(32)16-12-20)28(34-33-27)30(37)25-23(35)7-4-8-24(25)38-17-18-5-2-1-3-6-18/h1-16,35H,17H2,(H,33,34). The van der Waals surface area contributed by atoms with Crippen LogP contribution in [0.3, 0.4) is 0 Å². The first-order valence-electron chi connectivity index (χ1n) is 11.6. The molecule has 0 radical (unpaired) electrons. The van der Waals surface area contributed by atoms with Crippen LogP contribution in [0.4, 0.5) is 0 Å². The molecular formula is C30H20Cl2N2O4. The molecule has 1 aromatic heterocycles. The number of halogens is 2. The molecule has 1 heterocycles. The average molecular weight is 543 g/mol. The van der Waals surface area contributed by atoms with Gasteiger partial charge in [0.15, 0.2) is 5.78 Å². The van der Waals surface area contributed by atoms with E-state index in [4.69, 9.17) is 27.9 Å². The first-order valence-corrected chi connectivity index (χ1v) is 12.4.